The van der Waals surface area contributed by atoms with E-state index in [0.29, 0.717) is 10.9 Å². The van der Waals surface area contributed by atoms with Gasteiger partial charge < -0.3 is 4.74 Å². The summed E-state index contributed by atoms with van der Waals surface area (Å²) in [6.07, 6.45) is 1.91. The second-order valence-electron chi connectivity index (χ2n) is 4.93. The van der Waals surface area contributed by atoms with E-state index in [1.165, 1.54) is 23.1 Å². The summed E-state index contributed by atoms with van der Waals surface area (Å²) in [5.41, 5.74) is 2.19. The maximum Gasteiger partial charge on any atom is 0.264 e. The second-order valence-corrected chi connectivity index (χ2v) is 7.81. The molecule has 0 atom stereocenters. The fourth-order valence-electron chi connectivity index (χ4n) is 2.07. The number of carbonyl (C=O) groups excluding carboxylic acids is 1. The summed E-state index contributed by atoms with van der Waals surface area (Å²) in [5, 5.41) is 11.0. The number of benzene rings is 2. The molecule has 0 aliphatic carbocycles. The zero-order valence-corrected chi connectivity index (χ0v) is 16.5. The first kappa shape index (κ1) is 17.9. The zero-order chi connectivity index (χ0) is 17.6. The molecular formula is C17H14BrN3O2S2. The molecule has 1 amide bonds. The lowest BCUT2D eigenvalue weighted by atomic mass is 10.1. The molecule has 0 radical (unpaired) electrons. The van der Waals surface area contributed by atoms with Crippen LogP contribution in [-0.2, 0) is 4.79 Å². The maximum absolute atomic E-state index is 12.0. The van der Waals surface area contributed by atoms with Gasteiger partial charge in [-0.05, 0) is 45.4 Å². The lowest BCUT2D eigenvalue weighted by Gasteiger charge is -2.09. The molecule has 0 bridgehead atoms. The minimum atomic E-state index is -0.275. The second kappa shape index (κ2) is 8.46. The Bertz CT molecular complexity index is 871. The molecule has 3 aromatic rings. The van der Waals surface area contributed by atoms with Crippen molar-refractivity contribution >= 4 is 50.1 Å². The fraction of sp³-hybridized carbons (Fsp3) is 0.118. The van der Waals surface area contributed by atoms with Gasteiger partial charge in [0.25, 0.3) is 5.91 Å². The molecule has 1 heterocycles. The Hall–Kier alpha value is -1.90. The monoisotopic (exact) mass is 435 g/mol. The third kappa shape index (κ3) is 4.81. The molecule has 0 aliphatic heterocycles. The minimum Gasteiger partial charge on any atom is -0.483 e. The van der Waals surface area contributed by atoms with Crippen LogP contribution in [0.1, 0.15) is 0 Å². The number of nitrogens with one attached hydrogen (secondary N) is 1. The Morgan fingerprint density at radius 3 is 2.68 bits per heavy atom. The van der Waals surface area contributed by atoms with Crippen LogP contribution in [0.15, 0.2) is 57.3 Å². The van der Waals surface area contributed by atoms with E-state index in [0.717, 1.165) is 19.9 Å². The van der Waals surface area contributed by atoms with Gasteiger partial charge in [0, 0.05) is 0 Å². The highest BCUT2D eigenvalue weighted by molar-refractivity contribution is 9.10. The van der Waals surface area contributed by atoms with E-state index >= 15 is 0 Å². The third-order valence-electron chi connectivity index (χ3n) is 3.23. The summed E-state index contributed by atoms with van der Waals surface area (Å²) in [5.74, 6) is 0.333. The van der Waals surface area contributed by atoms with Gasteiger partial charge in [0.05, 0.1) is 4.47 Å². The first-order valence-corrected chi connectivity index (χ1v) is 10.1. The quantitative estimate of drug-likeness (QED) is 0.448. The standard InChI is InChI=1S/C17H14BrN3O2S2/c1-24-17-21-20-16(25-17)19-15(22)10-23-14-8-7-12(9-13(14)18)11-5-3-2-4-6-11/h2-9H,10H2,1H3,(H,19,20,22). The van der Waals surface area contributed by atoms with Crippen molar-refractivity contribution in [1.82, 2.24) is 10.2 Å². The SMILES string of the molecule is CSc1nnc(NC(=O)COc2ccc(-c3ccccc3)cc2Br)s1. The largest absolute Gasteiger partial charge is 0.483 e. The van der Waals surface area contributed by atoms with Crippen LogP contribution < -0.4 is 10.1 Å². The molecule has 1 N–H and O–H groups in total. The normalized spacial score (nSPS) is 10.5. The van der Waals surface area contributed by atoms with Crippen molar-refractivity contribution in [3.63, 3.8) is 0 Å². The summed E-state index contributed by atoms with van der Waals surface area (Å²) in [4.78, 5) is 12.0. The summed E-state index contributed by atoms with van der Waals surface area (Å²) in [6, 6.07) is 15.8. The molecule has 3 rings (SSSR count). The van der Waals surface area contributed by atoms with Crippen molar-refractivity contribution in [3.8, 4) is 16.9 Å². The molecule has 2 aromatic carbocycles. The molecule has 0 fully saturated rings. The minimum absolute atomic E-state index is 0.0997. The topological polar surface area (TPSA) is 64.1 Å². The first-order valence-electron chi connectivity index (χ1n) is 7.31. The first-order chi connectivity index (χ1) is 12.2. The number of anilines is 1. The smallest absolute Gasteiger partial charge is 0.264 e. The van der Waals surface area contributed by atoms with Crippen molar-refractivity contribution < 1.29 is 9.53 Å². The molecule has 0 aliphatic rings. The van der Waals surface area contributed by atoms with E-state index in [-0.39, 0.29) is 12.5 Å². The highest BCUT2D eigenvalue weighted by atomic mass is 79.9. The molecule has 1 aromatic heterocycles. The Labute approximate surface area is 162 Å². The van der Waals surface area contributed by atoms with Gasteiger partial charge >= 0.3 is 0 Å². The van der Waals surface area contributed by atoms with Crippen molar-refractivity contribution in [3.05, 3.63) is 53.0 Å². The molecule has 0 saturated heterocycles. The summed E-state index contributed by atoms with van der Waals surface area (Å²) in [6.45, 7) is -0.0997. The predicted molar refractivity (Wildman–Crippen MR) is 105 cm³/mol. The summed E-state index contributed by atoms with van der Waals surface area (Å²) >= 11 is 6.31. The van der Waals surface area contributed by atoms with Crippen molar-refractivity contribution in [1.29, 1.82) is 0 Å². The van der Waals surface area contributed by atoms with Crippen LogP contribution in [0.25, 0.3) is 11.1 Å². The molecule has 0 unspecified atom stereocenters. The number of nitrogens with zero attached hydrogens (tertiary/aromatic N) is 2. The van der Waals surface area contributed by atoms with Crippen LogP contribution in [0.4, 0.5) is 5.13 Å². The van der Waals surface area contributed by atoms with Crippen LogP contribution in [0.3, 0.4) is 0 Å². The number of rotatable bonds is 6. The molecule has 128 valence electrons. The molecular weight excluding hydrogens is 422 g/mol. The molecule has 25 heavy (non-hydrogen) atoms. The summed E-state index contributed by atoms with van der Waals surface area (Å²) in [7, 11) is 0. The highest BCUT2D eigenvalue weighted by Crippen LogP contribution is 2.30. The number of halogens is 1. The lowest BCUT2D eigenvalue weighted by Crippen LogP contribution is -2.20. The Kier molecular flexibility index (Phi) is 6.06. The number of thioether (sulfide) groups is 1. The van der Waals surface area contributed by atoms with E-state index in [2.05, 4.69) is 31.4 Å². The highest BCUT2D eigenvalue weighted by Gasteiger charge is 2.10. The van der Waals surface area contributed by atoms with Crippen LogP contribution in [0, 0.1) is 0 Å². The van der Waals surface area contributed by atoms with Gasteiger partial charge in [0.2, 0.25) is 5.13 Å². The molecule has 0 saturated carbocycles. The number of aromatic nitrogens is 2. The molecule has 5 nitrogen and oxygen atoms in total. The van der Waals surface area contributed by atoms with Crippen molar-refractivity contribution in [2.45, 2.75) is 4.34 Å². The van der Waals surface area contributed by atoms with Crippen molar-refractivity contribution in [2.75, 3.05) is 18.2 Å². The van der Waals surface area contributed by atoms with Gasteiger partial charge in [-0.15, -0.1) is 10.2 Å². The van der Waals surface area contributed by atoms with Gasteiger partial charge in [-0.3, -0.25) is 10.1 Å². The average Bonchev–Trinajstić information content (AvgIpc) is 3.09. The predicted octanol–water partition coefficient (Wildman–Crippen LogP) is 4.71. The molecule has 0 spiro atoms. The van der Waals surface area contributed by atoms with Crippen LogP contribution in [0.5, 0.6) is 5.75 Å². The number of ether oxygens (including phenoxy) is 1. The van der Waals surface area contributed by atoms with E-state index in [1.807, 2.05) is 54.8 Å². The van der Waals surface area contributed by atoms with Crippen LogP contribution >= 0.6 is 39.0 Å². The Morgan fingerprint density at radius 1 is 1.20 bits per heavy atom. The fourth-order valence-corrected chi connectivity index (χ4v) is 3.75. The number of hydrogen-bond acceptors (Lipinski definition) is 6. The molecule has 8 heteroatoms. The van der Waals surface area contributed by atoms with Gasteiger partial charge in [-0.1, -0.05) is 59.5 Å². The average molecular weight is 436 g/mol. The Morgan fingerprint density at radius 2 is 2.00 bits per heavy atom. The number of hydrogen-bond donors (Lipinski definition) is 1. The van der Waals surface area contributed by atoms with Gasteiger partial charge in [-0.2, -0.15) is 0 Å². The van der Waals surface area contributed by atoms with Gasteiger partial charge in [-0.25, -0.2) is 0 Å². The summed E-state index contributed by atoms with van der Waals surface area (Å²) < 4.78 is 7.18. The number of carbonyl (C=O) groups is 1. The number of amides is 1. The van der Waals surface area contributed by atoms with Gasteiger partial charge in [0.15, 0.2) is 10.9 Å². The van der Waals surface area contributed by atoms with Crippen LogP contribution in [-0.4, -0.2) is 29.0 Å². The third-order valence-corrected chi connectivity index (χ3v) is 5.66. The van der Waals surface area contributed by atoms with E-state index in [4.69, 9.17) is 4.74 Å². The Balaban J connectivity index is 1.60. The van der Waals surface area contributed by atoms with Crippen LogP contribution in [0.2, 0.25) is 0 Å². The van der Waals surface area contributed by atoms with Crippen molar-refractivity contribution in [2.24, 2.45) is 0 Å². The van der Waals surface area contributed by atoms with E-state index in [1.54, 1.807) is 0 Å². The van der Waals surface area contributed by atoms with Gasteiger partial charge in [0.1, 0.15) is 5.75 Å². The zero-order valence-electron chi connectivity index (χ0n) is 13.2. The van der Waals surface area contributed by atoms with E-state index < -0.39 is 0 Å². The lowest BCUT2D eigenvalue weighted by molar-refractivity contribution is -0.118. The van der Waals surface area contributed by atoms with E-state index in [9.17, 15) is 4.79 Å². The maximum atomic E-state index is 12.0.